The average molecular weight is 268 g/mol. The van der Waals surface area contributed by atoms with Crippen molar-refractivity contribution in [2.45, 2.75) is 38.3 Å². The Morgan fingerprint density at radius 3 is 2.21 bits per heavy atom. The maximum atomic E-state index is 12.4. The smallest absolute Gasteiger partial charge is 0.295 e. The van der Waals surface area contributed by atoms with Gasteiger partial charge in [-0.05, 0) is 48.6 Å². The van der Waals surface area contributed by atoms with Crippen LogP contribution in [0, 0.1) is 0 Å². The number of hydrogen-bond donors (Lipinski definition) is 0. The standard InChI is InChI=1S/C15H15F3O/c16-15(17,18)13-8-6-11(7-9-13)10-12-4-2-1-3-5-14(12)19/h6-10H,1-5H2/b12-10+. The van der Waals surface area contributed by atoms with E-state index in [2.05, 4.69) is 0 Å². The molecule has 1 aromatic carbocycles. The van der Waals surface area contributed by atoms with Crippen LogP contribution in [-0.2, 0) is 11.0 Å². The van der Waals surface area contributed by atoms with Gasteiger partial charge in [0.25, 0.3) is 0 Å². The summed E-state index contributed by atoms with van der Waals surface area (Å²) in [4.78, 5) is 11.8. The lowest BCUT2D eigenvalue weighted by atomic mass is 10.0. The van der Waals surface area contributed by atoms with E-state index in [0.29, 0.717) is 12.0 Å². The Bertz CT molecular complexity index is 483. The van der Waals surface area contributed by atoms with Crippen LogP contribution in [0.4, 0.5) is 13.2 Å². The van der Waals surface area contributed by atoms with Crippen LogP contribution in [0.15, 0.2) is 29.8 Å². The van der Waals surface area contributed by atoms with Gasteiger partial charge in [0.2, 0.25) is 0 Å². The number of halogens is 3. The van der Waals surface area contributed by atoms with Crippen LogP contribution in [0.25, 0.3) is 6.08 Å². The van der Waals surface area contributed by atoms with Gasteiger partial charge < -0.3 is 0 Å². The van der Waals surface area contributed by atoms with Crippen molar-refractivity contribution in [3.8, 4) is 0 Å². The fourth-order valence-corrected chi connectivity index (χ4v) is 2.20. The van der Waals surface area contributed by atoms with Crippen LogP contribution < -0.4 is 0 Å². The highest BCUT2D eigenvalue weighted by Gasteiger charge is 2.29. The van der Waals surface area contributed by atoms with Gasteiger partial charge in [-0.25, -0.2) is 0 Å². The SMILES string of the molecule is O=C1CCCCC/C1=C\c1ccc(C(F)(F)F)cc1. The minimum atomic E-state index is -4.32. The minimum absolute atomic E-state index is 0.123. The highest BCUT2D eigenvalue weighted by molar-refractivity contribution is 5.99. The first kappa shape index (κ1) is 13.8. The summed E-state index contributed by atoms with van der Waals surface area (Å²) in [5.74, 6) is 0.123. The summed E-state index contributed by atoms with van der Waals surface area (Å²) in [6.07, 6.45) is 1.58. The maximum Gasteiger partial charge on any atom is 0.416 e. The fourth-order valence-electron chi connectivity index (χ4n) is 2.20. The van der Waals surface area contributed by atoms with Crippen molar-refractivity contribution in [2.75, 3.05) is 0 Å². The molecule has 0 heterocycles. The second kappa shape index (κ2) is 5.59. The molecule has 0 radical (unpaired) electrons. The summed E-state index contributed by atoms with van der Waals surface area (Å²) >= 11 is 0. The number of hydrogen-bond acceptors (Lipinski definition) is 1. The summed E-state index contributed by atoms with van der Waals surface area (Å²) < 4.78 is 37.3. The van der Waals surface area contributed by atoms with E-state index in [4.69, 9.17) is 0 Å². The number of allylic oxidation sites excluding steroid dienone is 1. The molecule has 19 heavy (non-hydrogen) atoms. The number of rotatable bonds is 1. The Morgan fingerprint density at radius 1 is 0.947 bits per heavy atom. The molecule has 1 saturated carbocycles. The molecule has 0 saturated heterocycles. The molecule has 1 aromatic rings. The molecule has 1 aliphatic rings. The zero-order valence-corrected chi connectivity index (χ0v) is 10.5. The van der Waals surface area contributed by atoms with Crippen molar-refractivity contribution in [3.63, 3.8) is 0 Å². The Labute approximate surface area is 110 Å². The van der Waals surface area contributed by atoms with E-state index in [1.807, 2.05) is 0 Å². The first-order valence-corrected chi connectivity index (χ1v) is 6.38. The maximum absolute atomic E-state index is 12.4. The van der Waals surface area contributed by atoms with Crippen molar-refractivity contribution in [2.24, 2.45) is 0 Å². The first-order valence-electron chi connectivity index (χ1n) is 6.38. The summed E-state index contributed by atoms with van der Waals surface area (Å²) in [6.45, 7) is 0. The highest BCUT2D eigenvalue weighted by atomic mass is 19.4. The molecule has 1 nitrogen and oxygen atoms in total. The van der Waals surface area contributed by atoms with Gasteiger partial charge in [-0.15, -0.1) is 0 Å². The van der Waals surface area contributed by atoms with Gasteiger partial charge in [-0.2, -0.15) is 13.2 Å². The summed E-state index contributed by atoms with van der Waals surface area (Å²) in [5.41, 5.74) is 0.720. The van der Waals surface area contributed by atoms with Gasteiger partial charge in [0, 0.05) is 6.42 Å². The number of Topliss-reactive ketones (excluding diaryl/α,β-unsaturated/α-hetero) is 1. The first-order chi connectivity index (χ1) is 8.97. The van der Waals surface area contributed by atoms with Gasteiger partial charge in [-0.1, -0.05) is 18.6 Å². The summed E-state index contributed by atoms with van der Waals surface area (Å²) in [7, 11) is 0. The van der Waals surface area contributed by atoms with Crippen LogP contribution in [0.1, 0.15) is 43.2 Å². The van der Waals surface area contributed by atoms with E-state index in [9.17, 15) is 18.0 Å². The third-order valence-electron chi connectivity index (χ3n) is 3.29. The monoisotopic (exact) mass is 268 g/mol. The van der Waals surface area contributed by atoms with E-state index in [-0.39, 0.29) is 5.78 Å². The normalized spacial score (nSPS) is 19.5. The Morgan fingerprint density at radius 2 is 1.58 bits per heavy atom. The molecular weight excluding hydrogens is 253 g/mol. The van der Waals surface area contributed by atoms with E-state index in [1.54, 1.807) is 6.08 Å². The molecule has 0 aromatic heterocycles. The van der Waals surface area contributed by atoms with Crippen molar-refractivity contribution in [3.05, 3.63) is 41.0 Å². The van der Waals surface area contributed by atoms with Crippen molar-refractivity contribution >= 4 is 11.9 Å². The molecular formula is C15H15F3O. The van der Waals surface area contributed by atoms with E-state index in [0.717, 1.165) is 43.4 Å². The predicted molar refractivity (Wildman–Crippen MR) is 67.5 cm³/mol. The minimum Gasteiger partial charge on any atom is -0.295 e. The lowest BCUT2D eigenvalue weighted by molar-refractivity contribution is -0.137. The molecule has 0 atom stereocenters. The molecule has 0 bridgehead atoms. The van der Waals surface area contributed by atoms with Crippen LogP contribution in [0.2, 0.25) is 0 Å². The summed E-state index contributed by atoms with van der Waals surface area (Å²) in [5, 5.41) is 0. The quantitative estimate of drug-likeness (QED) is 0.536. The van der Waals surface area contributed by atoms with E-state index in [1.165, 1.54) is 12.1 Å². The Balaban J connectivity index is 2.20. The van der Waals surface area contributed by atoms with Gasteiger partial charge in [-0.3, -0.25) is 4.79 Å². The molecule has 4 heteroatoms. The molecule has 0 aliphatic heterocycles. The largest absolute Gasteiger partial charge is 0.416 e. The molecule has 0 N–H and O–H groups in total. The zero-order chi connectivity index (χ0) is 13.9. The molecule has 2 rings (SSSR count). The number of benzene rings is 1. The van der Waals surface area contributed by atoms with Gasteiger partial charge >= 0.3 is 6.18 Å². The Kier molecular flexibility index (Phi) is 4.08. The van der Waals surface area contributed by atoms with Crippen LogP contribution in [0.3, 0.4) is 0 Å². The molecule has 0 unspecified atom stereocenters. The number of ketones is 1. The molecule has 0 amide bonds. The Hall–Kier alpha value is -1.58. The van der Waals surface area contributed by atoms with Crippen molar-refractivity contribution in [1.29, 1.82) is 0 Å². The van der Waals surface area contributed by atoms with Gasteiger partial charge in [0.15, 0.2) is 5.78 Å². The molecule has 1 fully saturated rings. The second-order valence-corrected chi connectivity index (χ2v) is 4.77. The summed E-state index contributed by atoms with van der Waals surface area (Å²) in [6, 6.07) is 4.92. The van der Waals surface area contributed by atoms with Crippen molar-refractivity contribution < 1.29 is 18.0 Å². The van der Waals surface area contributed by atoms with E-state index < -0.39 is 11.7 Å². The van der Waals surface area contributed by atoms with Crippen LogP contribution in [-0.4, -0.2) is 5.78 Å². The van der Waals surface area contributed by atoms with Gasteiger partial charge in [0.05, 0.1) is 5.56 Å². The molecule has 0 spiro atoms. The van der Waals surface area contributed by atoms with E-state index >= 15 is 0 Å². The fraction of sp³-hybridized carbons (Fsp3) is 0.400. The predicted octanol–water partition coefficient (Wildman–Crippen LogP) is 4.62. The second-order valence-electron chi connectivity index (χ2n) is 4.77. The number of carbonyl (C=O) groups excluding carboxylic acids is 1. The third kappa shape index (κ3) is 3.69. The third-order valence-corrected chi connectivity index (χ3v) is 3.29. The topological polar surface area (TPSA) is 17.1 Å². The molecule has 1 aliphatic carbocycles. The highest BCUT2D eigenvalue weighted by Crippen LogP contribution is 2.29. The number of alkyl halides is 3. The van der Waals surface area contributed by atoms with Gasteiger partial charge in [0.1, 0.15) is 0 Å². The van der Waals surface area contributed by atoms with Crippen LogP contribution in [0.5, 0.6) is 0 Å². The lowest BCUT2D eigenvalue weighted by Gasteiger charge is -2.07. The van der Waals surface area contributed by atoms with Crippen molar-refractivity contribution in [1.82, 2.24) is 0 Å². The molecule has 102 valence electrons. The number of carbonyl (C=O) groups is 1. The lowest BCUT2D eigenvalue weighted by Crippen LogP contribution is -2.04. The zero-order valence-electron chi connectivity index (χ0n) is 10.5. The average Bonchev–Trinajstić information content (AvgIpc) is 2.55. The van der Waals surface area contributed by atoms with Crippen LogP contribution >= 0.6 is 0 Å².